The summed E-state index contributed by atoms with van der Waals surface area (Å²) in [5.74, 6) is 5.04. The number of Topliss-reactive ketones (excluding diaryl/α,β-unsaturated/α-hetero) is 2. The van der Waals surface area contributed by atoms with Crippen molar-refractivity contribution in [1.29, 1.82) is 0 Å². The van der Waals surface area contributed by atoms with Gasteiger partial charge < -0.3 is 9.84 Å². The van der Waals surface area contributed by atoms with Crippen LogP contribution in [0.25, 0.3) is 0 Å². The maximum atomic E-state index is 12.6. The first-order valence-corrected chi connectivity index (χ1v) is 9.79. The first-order chi connectivity index (χ1) is 13.7. The van der Waals surface area contributed by atoms with Crippen molar-refractivity contribution in [3.8, 4) is 11.8 Å². The third kappa shape index (κ3) is 5.20. The molecule has 4 nitrogen and oxygen atoms in total. The van der Waals surface area contributed by atoms with Gasteiger partial charge in [-0.1, -0.05) is 60.0 Å². The average Bonchev–Trinajstić information content (AvgIpc) is 2.71. The molecule has 0 spiro atoms. The molecule has 0 fully saturated rings. The highest BCUT2D eigenvalue weighted by Gasteiger charge is 2.35. The summed E-state index contributed by atoms with van der Waals surface area (Å²) in [6, 6.07) is 19.0. The number of carbonyl (C=O) groups excluding carboxylic acids is 2. The Morgan fingerprint density at radius 3 is 2.36 bits per heavy atom. The van der Waals surface area contributed by atoms with Gasteiger partial charge in [0, 0.05) is 15.4 Å². The van der Waals surface area contributed by atoms with Crippen molar-refractivity contribution in [1.82, 2.24) is 0 Å². The first-order valence-electron chi connectivity index (χ1n) is 8.97. The van der Waals surface area contributed by atoms with Crippen LogP contribution < -0.4 is 0 Å². The Bertz CT molecular complexity index is 923. The normalized spacial score (nSPS) is 16.7. The van der Waals surface area contributed by atoms with E-state index in [-0.39, 0.29) is 37.8 Å². The van der Waals surface area contributed by atoms with Crippen molar-refractivity contribution in [2.75, 3.05) is 19.8 Å². The quantitative estimate of drug-likeness (QED) is 0.464. The molecule has 1 aliphatic carbocycles. The van der Waals surface area contributed by atoms with Gasteiger partial charge in [0.05, 0.1) is 37.7 Å². The van der Waals surface area contributed by atoms with Gasteiger partial charge in [-0.3, -0.25) is 9.59 Å². The Kier molecular flexibility index (Phi) is 7.21. The van der Waals surface area contributed by atoms with E-state index in [9.17, 15) is 9.59 Å². The number of benzene rings is 2. The van der Waals surface area contributed by atoms with E-state index in [1.54, 1.807) is 0 Å². The highest BCUT2D eigenvalue weighted by atomic mass is 32.2. The van der Waals surface area contributed by atoms with Crippen LogP contribution in [-0.2, 0) is 14.3 Å². The van der Waals surface area contributed by atoms with Gasteiger partial charge in [-0.2, -0.15) is 0 Å². The Morgan fingerprint density at radius 2 is 1.68 bits per heavy atom. The number of allylic oxidation sites excluding steroid dienone is 1. The van der Waals surface area contributed by atoms with Gasteiger partial charge in [0.25, 0.3) is 0 Å². The molecule has 1 N–H and O–H groups in total. The minimum atomic E-state index is -0.561. The second-order valence-electron chi connectivity index (χ2n) is 6.19. The summed E-state index contributed by atoms with van der Waals surface area (Å²) in [5.41, 5.74) is 1.17. The fourth-order valence-corrected chi connectivity index (χ4v) is 3.94. The second-order valence-corrected chi connectivity index (χ2v) is 7.30. The van der Waals surface area contributed by atoms with Gasteiger partial charge in [-0.25, -0.2) is 0 Å². The number of ketones is 2. The maximum absolute atomic E-state index is 12.6. The fraction of sp³-hybridized carbons (Fsp3) is 0.217. The third-order valence-corrected chi connectivity index (χ3v) is 5.38. The Balaban J connectivity index is 2.01. The number of hydrogen-bond donors (Lipinski definition) is 1. The lowest BCUT2D eigenvalue weighted by atomic mass is 9.88. The molecule has 1 unspecified atom stereocenters. The van der Waals surface area contributed by atoms with E-state index in [2.05, 4.69) is 11.8 Å². The molecule has 0 amide bonds. The summed E-state index contributed by atoms with van der Waals surface area (Å²) < 4.78 is 5.43. The minimum Gasteiger partial charge on any atom is -0.394 e. The zero-order chi connectivity index (χ0) is 19.8. The monoisotopic (exact) mass is 392 g/mol. The van der Waals surface area contributed by atoms with Crippen molar-refractivity contribution in [3.05, 3.63) is 76.7 Å². The molecule has 1 aliphatic rings. The molecule has 28 heavy (non-hydrogen) atoms. The second kappa shape index (κ2) is 10.0. The molecule has 5 heteroatoms. The Morgan fingerprint density at radius 1 is 1.00 bits per heavy atom. The zero-order valence-corrected chi connectivity index (χ0v) is 16.1. The lowest BCUT2D eigenvalue weighted by molar-refractivity contribution is -0.129. The van der Waals surface area contributed by atoms with E-state index in [1.165, 1.54) is 11.8 Å². The van der Waals surface area contributed by atoms with E-state index in [1.807, 2.05) is 60.7 Å². The average molecular weight is 392 g/mol. The first kappa shape index (κ1) is 20.1. The van der Waals surface area contributed by atoms with Gasteiger partial charge in [-0.05, 0) is 24.3 Å². The number of carbonyl (C=O) groups is 2. The predicted molar refractivity (Wildman–Crippen MR) is 109 cm³/mol. The highest BCUT2D eigenvalue weighted by molar-refractivity contribution is 8.03. The van der Waals surface area contributed by atoms with Gasteiger partial charge in [0.1, 0.15) is 0 Å². The van der Waals surface area contributed by atoms with E-state index in [4.69, 9.17) is 9.84 Å². The molecule has 142 valence electrons. The molecule has 0 saturated carbocycles. The number of rotatable bonds is 6. The van der Waals surface area contributed by atoms with Crippen molar-refractivity contribution in [3.63, 3.8) is 0 Å². The third-order valence-electron chi connectivity index (χ3n) is 4.16. The molecule has 0 radical (unpaired) electrons. The van der Waals surface area contributed by atoms with E-state index in [0.29, 0.717) is 10.5 Å². The summed E-state index contributed by atoms with van der Waals surface area (Å²) in [7, 11) is 0. The lowest BCUT2D eigenvalue weighted by Gasteiger charge is -2.24. The number of ether oxygens (including phenoxy) is 1. The fourth-order valence-electron chi connectivity index (χ4n) is 2.79. The van der Waals surface area contributed by atoms with Crippen LogP contribution in [0.15, 0.2) is 76.0 Å². The summed E-state index contributed by atoms with van der Waals surface area (Å²) in [6.07, 6.45) is -0.176. The summed E-state index contributed by atoms with van der Waals surface area (Å²) in [5, 5.41) is 8.96. The predicted octanol–water partition coefficient (Wildman–Crippen LogP) is 3.25. The highest BCUT2D eigenvalue weighted by Crippen LogP contribution is 2.38. The Labute approximate surface area is 168 Å². The van der Waals surface area contributed by atoms with Crippen molar-refractivity contribution in [2.24, 2.45) is 5.92 Å². The van der Waals surface area contributed by atoms with Crippen LogP contribution in [0.3, 0.4) is 0 Å². The van der Waals surface area contributed by atoms with Crippen molar-refractivity contribution in [2.45, 2.75) is 11.3 Å². The largest absolute Gasteiger partial charge is 0.394 e. The van der Waals surface area contributed by atoms with E-state index in [0.717, 1.165) is 10.5 Å². The molecule has 0 heterocycles. The maximum Gasteiger partial charge on any atom is 0.179 e. The summed E-state index contributed by atoms with van der Waals surface area (Å²) in [4.78, 5) is 26.7. The molecule has 1 atom stereocenters. The van der Waals surface area contributed by atoms with Crippen LogP contribution in [0.2, 0.25) is 0 Å². The number of hydrogen-bond acceptors (Lipinski definition) is 5. The van der Waals surface area contributed by atoms with Gasteiger partial charge >= 0.3 is 0 Å². The molecular formula is C23H20O4S. The molecule has 2 aromatic rings. The Hall–Kier alpha value is -2.65. The van der Waals surface area contributed by atoms with E-state index >= 15 is 0 Å². The molecular weight excluding hydrogens is 372 g/mol. The lowest BCUT2D eigenvalue weighted by Crippen LogP contribution is -2.31. The zero-order valence-electron chi connectivity index (χ0n) is 15.3. The van der Waals surface area contributed by atoms with E-state index < -0.39 is 5.92 Å². The molecule has 2 aromatic carbocycles. The van der Waals surface area contributed by atoms with Crippen LogP contribution in [0.5, 0.6) is 0 Å². The molecule has 0 saturated heterocycles. The van der Waals surface area contributed by atoms with Gasteiger partial charge in [-0.15, -0.1) is 0 Å². The molecule has 3 rings (SSSR count). The van der Waals surface area contributed by atoms with Gasteiger partial charge in [0.15, 0.2) is 11.6 Å². The van der Waals surface area contributed by atoms with Crippen LogP contribution in [0, 0.1) is 17.8 Å². The molecule has 0 aromatic heterocycles. The van der Waals surface area contributed by atoms with Gasteiger partial charge in [0.2, 0.25) is 0 Å². The number of aliphatic hydroxyl groups excluding tert-OH is 1. The SMILES string of the molecule is O=C1CC(=O)C(COCCO)C(Sc2ccccc2)=C1C#Cc1ccccc1. The number of thioether (sulfide) groups is 1. The minimum absolute atomic E-state index is 0.120. The number of aliphatic hydroxyl groups is 1. The summed E-state index contributed by atoms with van der Waals surface area (Å²) >= 11 is 1.37. The molecule has 0 bridgehead atoms. The summed E-state index contributed by atoms with van der Waals surface area (Å²) in [6.45, 7) is 0.149. The van der Waals surface area contributed by atoms with Crippen molar-refractivity contribution >= 4 is 23.3 Å². The van der Waals surface area contributed by atoms with Crippen LogP contribution >= 0.6 is 11.8 Å². The van der Waals surface area contributed by atoms with Crippen molar-refractivity contribution < 1.29 is 19.4 Å². The van der Waals surface area contributed by atoms with Crippen LogP contribution in [-0.4, -0.2) is 36.5 Å². The smallest absolute Gasteiger partial charge is 0.179 e. The molecule has 0 aliphatic heterocycles. The standard InChI is InChI=1S/C23H20O4S/c24-13-14-27-16-20-22(26)15-21(25)19(12-11-17-7-3-1-4-8-17)23(20)28-18-9-5-2-6-10-18/h1-10,20,24H,13-16H2. The van der Waals surface area contributed by atoms with Crippen LogP contribution in [0.1, 0.15) is 12.0 Å². The topological polar surface area (TPSA) is 63.6 Å². The van der Waals surface area contributed by atoms with Crippen LogP contribution in [0.4, 0.5) is 0 Å².